The van der Waals surface area contributed by atoms with Crippen LogP contribution in [0.4, 0.5) is 10.1 Å². The standard InChI is InChI=1S/C11H10FN3OS/c1-16-9-6-10(8(13)5-7(9)12)17-11-14-3-2-4-15-11/h2-6H,13H2,1H3. The van der Waals surface area contributed by atoms with Crippen LogP contribution < -0.4 is 10.5 Å². The largest absolute Gasteiger partial charge is 0.494 e. The Morgan fingerprint density at radius 3 is 2.65 bits per heavy atom. The minimum atomic E-state index is -0.483. The van der Waals surface area contributed by atoms with E-state index in [2.05, 4.69) is 9.97 Å². The van der Waals surface area contributed by atoms with E-state index in [-0.39, 0.29) is 5.75 Å². The summed E-state index contributed by atoms with van der Waals surface area (Å²) in [6.07, 6.45) is 3.26. The van der Waals surface area contributed by atoms with Gasteiger partial charge in [0.05, 0.1) is 7.11 Å². The molecule has 0 spiro atoms. The highest BCUT2D eigenvalue weighted by Gasteiger charge is 2.10. The van der Waals surface area contributed by atoms with Crippen LogP contribution in [0.2, 0.25) is 0 Å². The molecule has 0 aliphatic rings. The van der Waals surface area contributed by atoms with Crippen LogP contribution in [-0.4, -0.2) is 17.1 Å². The maximum atomic E-state index is 13.3. The van der Waals surface area contributed by atoms with Crippen molar-refractivity contribution >= 4 is 17.4 Å². The van der Waals surface area contributed by atoms with Gasteiger partial charge in [-0.1, -0.05) is 0 Å². The summed E-state index contributed by atoms with van der Waals surface area (Å²) in [6.45, 7) is 0. The molecule has 1 aromatic heterocycles. The maximum absolute atomic E-state index is 13.3. The van der Waals surface area contributed by atoms with Crippen molar-refractivity contribution < 1.29 is 9.13 Å². The molecule has 1 aromatic carbocycles. The van der Waals surface area contributed by atoms with Gasteiger partial charge in [0, 0.05) is 29.0 Å². The third-order valence-corrected chi connectivity index (χ3v) is 2.99. The van der Waals surface area contributed by atoms with Crippen molar-refractivity contribution in [1.82, 2.24) is 9.97 Å². The van der Waals surface area contributed by atoms with E-state index in [0.717, 1.165) is 0 Å². The quantitative estimate of drug-likeness (QED) is 0.670. The Bertz CT molecular complexity index is 522. The lowest BCUT2D eigenvalue weighted by molar-refractivity contribution is 0.385. The van der Waals surface area contributed by atoms with E-state index in [4.69, 9.17) is 10.5 Å². The van der Waals surface area contributed by atoms with Crippen LogP contribution in [0, 0.1) is 5.82 Å². The molecule has 2 N–H and O–H groups in total. The van der Waals surface area contributed by atoms with Gasteiger partial charge in [-0.05, 0) is 23.9 Å². The SMILES string of the molecule is COc1cc(Sc2ncccn2)c(N)cc1F. The highest BCUT2D eigenvalue weighted by Crippen LogP contribution is 2.34. The average molecular weight is 251 g/mol. The van der Waals surface area contributed by atoms with Crippen molar-refractivity contribution in [2.45, 2.75) is 10.1 Å². The van der Waals surface area contributed by atoms with E-state index in [9.17, 15) is 4.39 Å². The first-order valence-electron chi connectivity index (χ1n) is 4.78. The Balaban J connectivity index is 2.33. The highest BCUT2D eigenvalue weighted by atomic mass is 32.2. The molecule has 0 aliphatic heterocycles. The smallest absolute Gasteiger partial charge is 0.192 e. The number of ether oxygens (including phenoxy) is 1. The predicted molar refractivity (Wildman–Crippen MR) is 63.5 cm³/mol. The molecule has 0 aliphatic carbocycles. The second-order valence-electron chi connectivity index (χ2n) is 3.16. The third-order valence-electron chi connectivity index (χ3n) is 2.03. The second-order valence-corrected chi connectivity index (χ2v) is 4.17. The summed E-state index contributed by atoms with van der Waals surface area (Å²) in [5.41, 5.74) is 6.05. The zero-order valence-electron chi connectivity index (χ0n) is 9.05. The van der Waals surface area contributed by atoms with Gasteiger partial charge < -0.3 is 10.5 Å². The van der Waals surface area contributed by atoms with Gasteiger partial charge in [-0.15, -0.1) is 0 Å². The number of methoxy groups -OCH3 is 1. The Kier molecular flexibility index (Phi) is 3.43. The van der Waals surface area contributed by atoms with Gasteiger partial charge in [-0.2, -0.15) is 0 Å². The molecule has 0 atom stereocenters. The first kappa shape index (κ1) is 11.7. The summed E-state index contributed by atoms with van der Waals surface area (Å²) in [7, 11) is 1.40. The van der Waals surface area contributed by atoms with Crippen LogP contribution in [0.5, 0.6) is 5.75 Å². The molecule has 6 heteroatoms. The Morgan fingerprint density at radius 2 is 2.00 bits per heavy atom. The molecule has 0 saturated heterocycles. The number of rotatable bonds is 3. The Hall–Kier alpha value is -1.82. The Morgan fingerprint density at radius 1 is 1.29 bits per heavy atom. The number of hydrogen-bond donors (Lipinski definition) is 1. The van der Waals surface area contributed by atoms with Crippen molar-refractivity contribution in [3.63, 3.8) is 0 Å². The molecule has 0 amide bonds. The number of aromatic nitrogens is 2. The van der Waals surface area contributed by atoms with Gasteiger partial charge in [0.25, 0.3) is 0 Å². The minimum Gasteiger partial charge on any atom is -0.494 e. The molecule has 2 rings (SSSR count). The lowest BCUT2D eigenvalue weighted by Gasteiger charge is -2.07. The van der Waals surface area contributed by atoms with Crippen molar-refractivity contribution in [3.8, 4) is 5.75 Å². The summed E-state index contributed by atoms with van der Waals surface area (Å²) in [5.74, 6) is -0.332. The van der Waals surface area contributed by atoms with E-state index in [1.807, 2.05) is 0 Å². The van der Waals surface area contributed by atoms with E-state index >= 15 is 0 Å². The van der Waals surface area contributed by atoms with Gasteiger partial charge in [0.1, 0.15) is 0 Å². The van der Waals surface area contributed by atoms with Gasteiger partial charge in [0.15, 0.2) is 16.7 Å². The van der Waals surface area contributed by atoms with Crippen molar-refractivity contribution in [3.05, 3.63) is 36.4 Å². The van der Waals surface area contributed by atoms with Crippen molar-refractivity contribution in [2.75, 3.05) is 12.8 Å². The van der Waals surface area contributed by atoms with Gasteiger partial charge in [0.2, 0.25) is 0 Å². The Labute approximate surface area is 102 Å². The number of nitrogen functional groups attached to an aromatic ring is 1. The highest BCUT2D eigenvalue weighted by molar-refractivity contribution is 7.99. The van der Waals surface area contributed by atoms with Crippen LogP contribution in [0.25, 0.3) is 0 Å². The normalized spacial score (nSPS) is 10.2. The van der Waals surface area contributed by atoms with Crippen LogP contribution in [0.15, 0.2) is 40.6 Å². The molecular weight excluding hydrogens is 241 g/mol. The zero-order valence-corrected chi connectivity index (χ0v) is 9.87. The molecule has 0 bridgehead atoms. The van der Waals surface area contributed by atoms with E-state index < -0.39 is 5.82 Å². The molecule has 88 valence electrons. The monoisotopic (exact) mass is 251 g/mol. The van der Waals surface area contributed by atoms with Gasteiger partial charge in [-0.3, -0.25) is 0 Å². The molecule has 0 fully saturated rings. The van der Waals surface area contributed by atoms with E-state index in [1.165, 1.54) is 31.0 Å². The fourth-order valence-corrected chi connectivity index (χ4v) is 2.00. The number of benzene rings is 1. The molecular formula is C11H10FN3OS. The summed E-state index contributed by atoms with van der Waals surface area (Å²) in [6, 6.07) is 4.48. The summed E-state index contributed by atoms with van der Waals surface area (Å²) < 4.78 is 18.2. The molecule has 0 saturated carbocycles. The molecule has 2 aromatic rings. The molecule has 0 unspecified atom stereocenters. The topological polar surface area (TPSA) is 61.0 Å². The van der Waals surface area contributed by atoms with Crippen molar-refractivity contribution in [2.24, 2.45) is 0 Å². The maximum Gasteiger partial charge on any atom is 0.192 e. The summed E-state index contributed by atoms with van der Waals surface area (Å²) >= 11 is 1.26. The first-order chi connectivity index (χ1) is 8.20. The second kappa shape index (κ2) is 5.01. The number of anilines is 1. The van der Waals surface area contributed by atoms with E-state index in [0.29, 0.717) is 15.7 Å². The lowest BCUT2D eigenvalue weighted by Crippen LogP contribution is -1.95. The summed E-state index contributed by atoms with van der Waals surface area (Å²) in [5, 5.41) is 0.549. The van der Waals surface area contributed by atoms with Gasteiger partial charge >= 0.3 is 0 Å². The molecule has 17 heavy (non-hydrogen) atoms. The fourth-order valence-electron chi connectivity index (χ4n) is 1.23. The number of hydrogen-bond acceptors (Lipinski definition) is 5. The number of halogens is 1. The first-order valence-corrected chi connectivity index (χ1v) is 5.60. The van der Waals surface area contributed by atoms with Crippen molar-refractivity contribution in [1.29, 1.82) is 0 Å². The summed E-state index contributed by atoms with van der Waals surface area (Å²) in [4.78, 5) is 8.77. The van der Waals surface area contributed by atoms with Crippen LogP contribution in [-0.2, 0) is 0 Å². The average Bonchev–Trinajstić information content (AvgIpc) is 2.34. The molecule has 1 heterocycles. The minimum absolute atomic E-state index is 0.151. The number of nitrogens with two attached hydrogens (primary N) is 1. The zero-order chi connectivity index (χ0) is 12.3. The molecule has 0 radical (unpaired) electrons. The lowest BCUT2D eigenvalue weighted by atomic mass is 10.3. The predicted octanol–water partition coefficient (Wildman–Crippen LogP) is 2.36. The fraction of sp³-hybridized carbons (Fsp3) is 0.0909. The van der Waals surface area contributed by atoms with E-state index in [1.54, 1.807) is 18.5 Å². The number of nitrogens with zero attached hydrogens (tertiary/aromatic N) is 2. The van der Waals surface area contributed by atoms with Gasteiger partial charge in [-0.25, -0.2) is 14.4 Å². The van der Waals surface area contributed by atoms with Crippen LogP contribution in [0.1, 0.15) is 0 Å². The molecule has 4 nitrogen and oxygen atoms in total. The third kappa shape index (κ3) is 2.65. The van der Waals surface area contributed by atoms with Crippen LogP contribution >= 0.6 is 11.8 Å². The van der Waals surface area contributed by atoms with Crippen LogP contribution in [0.3, 0.4) is 0 Å².